The van der Waals surface area contributed by atoms with E-state index in [1.54, 1.807) is 0 Å². The number of benzene rings is 1. The number of aliphatic carboxylic acids is 1. The van der Waals surface area contributed by atoms with Crippen LogP contribution in [-0.4, -0.2) is 42.5 Å². The molecule has 0 bridgehead atoms. The fraction of sp³-hybridized carbons (Fsp3) is 0.368. The number of nitrogens with one attached hydrogen (secondary N) is 2. The van der Waals surface area contributed by atoms with Crippen molar-refractivity contribution in [3.63, 3.8) is 0 Å². The van der Waals surface area contributed by atoms with Crippen molar-refractivity contribution < 1.29 is 27.9 Å². The van der Waals surface area contributed by atoms with Crippen LogP contribution in [0.3, 0.4) is 0 Å². The Hall–Kier alpha value is -3.21. The highest BCUT2D eigenvalue weighted by Crippen LogP contribution is 2.31. The molecule has 1 aromatic carbocycles. The summed E-state index contributed by atoms with van der Waals surface area (Å²) in [7, 11) is -2.51. The van der Waals surface area contributed by atoms with Crippen molar-refractivity contribution in [2.45, 2.75) is 30.6 Å². The van der Waals surface area contributed by atoms with Crippen LogP contribution in [0.15, 0.2) is 41.6 Å². The largest absolute Gasteiger partial charge is 0.481 e. The Balaban J connectivity index is 1.69. The van der Waals surface area contributed by atoms with E-state index in [1.807, 2.05) is 0 Å². The predicted molar refractivity (Wildman–Crippen MR) is 108 cm³/mol. The molecule has 1 aromatic heterocycles. The van der Waals surface area contributed by atoms with Gasteiger partial charge in [0.25, 0.3) is 10.0 Å². The Morgan fingerprint density at radius 3 is 2.40 bits per heavy atom. The molecule has 0 aliphatic heterocycles. The van der Waals surface area contributed by atoms with Gasteiger partial charge in [-0.25, -0.2) is 18.4 Å². The lowest BCUT2D eigenvalue weighted by Gasteiger charge is -2.27. The maximum Gasteiger partial charge on any atom is 0.307 e. The van der Waals surface area contributed by atoms with Gasteiger partial charge < -0.3 is 15.2 Å². The average molecular weight is 434 g/mol. The third-order valence-corrected chi connectivity index (χ3v) is 6.31. The molecule has 160 valence electrons. The van der Waals surface area contributed by atoms with Crippen molar-refractivity contribution in [2.24, 2.45) is 11.8 Å². The Kier molecular flexibility index (Phi) is 6.50. The molecule has 3 N–H and O–H groups in total. The third kappa shape index (κ3) is 5.03. The van der Waals surface area contributed by atoms with E-state index < -0.39 is 27.8 Å². The lowest BCUT2D eigenvalue weighted by Crippen LogP contribution is -2.36. The highest BCUT2D eigenvalue weighted by atomic mass is 32.2. The number of anilines is 2. The fourth-order valence-corrected chi connectivity index (χ4v) is 4.40. The van der Waals surface area contributed by atoms with E-state index in [0.29, 0.717) is 18.5 Å². The van der Waals surface area contributed by atoms with Crippen LogP contribution < -0.4 is 14.8 Å². The molecule has 0 unspecified atom stereocenters. The van der Waals surface area contributed by atoms with Crippen LogP contribution in [-0.2, 0) is 19.6 Å². The van der Waals surface area contributed by atoms with Gasteiger partial charge in [-0.1, -0.05) is 12.8 Å². The molecule has 1 fully saturated rings. The molecule has 3 rings (SSSR count). The van der Waals surface area contributed by atoms with Crippen LogP contribution in [0.4, 0.5) is 11.5 Å². The topological polar surface area (TPSA) is 148 Å². The molecular weight excluding hydrogens is 412 g/mol. The molecule has 1 heterocycles. The molecule has 0 spiro atoms. The van der Waals surface area contributed by atoms with Crippen molar-refractivity contribution in [2.75, 3.05) is 17.1 Å². The third-order valence-electron chi connectivity index (χ3n) is 4.94. The zero-order chi connectivity index (χ0) is 21.7. The number of hydrogen-bond acceptors (Lipinski definition) is 7. The van der Waals surface area contributed by atoms with Crippen molar-refractivity contribution >= 4 is 33.4 Å². The molecule has 1 aliphatic carbocycles. The summed E-state index contributed by atoms with van der Waals surface area (Å²) in [6, 6.07) is 6.92. The van der Waals surface area contributed by atoms with E-state index in [0.717, 1.165) is 12.8 Å². The number of ether oxygens (including phenoxy) is 1. The van der Waals surface area contributed by atoms with Crippen molar-refractivity contribution in [1.29, 1.82) is 0 Å². The Morgan fingerprint density at radius 2 is 1.77 bits per heavy atom. The quantitative estimate of drug-likeness (QED) is 0.600. The fourth-order valence-electron chi connectivity index (χ4n) is 3.40. The summed E-state index contributed by atoms with van der Waals surface area (Å²) in [5, 5.41) is 12.0. The lowest BCUT2D eigenvalue weighted by atomic mass is 9.78. The maximum absolute atomic E-state index is 12.5. The summed E-state index contributed by atoms with van der Waals surface area (Å²) < 4.78 is 32.3. The van der Waals surface area contributed by atoms with Gasteiger partial charge in [0.1, 0.15) is 12.1 Å². The Bertz CT molecular complexity index is 1030. The van der Waals surface area contributed by atoms with E-state index in [1.165, 1.54) is 43.8 Å². The summed E-state index contributed by atoms with van der Waals surface area (Å²) in [5.74, 6) is -2.38. The lowest BCUT2D eigenvalue weighted by molar-refractivity contribution is -0.147. The number of amides is 1. The maximum atomic E-state index is 12.5. The van der Waals surface area contributed by atoms with E-state index >= 15 is 0 Å². The number of sulfonamides is 1. The zero-order valence-electron chi connectivity index (χ0n) is 16.2. The van der Waals surface area contributed by atoms with E-state index in [9.17, 15) is 23.1 Å². The van der Waals surface area contributed by atoms with E-state index in [-0.39, 0.29) is 22.5 Å². The van der Waals surface area contributed by atoms with Crippen LogP contribution in [0.25, 0.3) is 0 Å². The van der Waals surface area contributed by atoms with E-state index in [2.05, 4.69) is 20.0 Å². The first-order chi connectivity index (χ1) is 14.3. The average Bonchev–Trinajstić information content (AvgIpc) is 2.74. The minimum Gasteiger partial charge on any atom is -0.481 e. The number of nitrogens with zero attached hydrogens (tertiary/aromatic N) is 2. The van der Waals surface area contributed by atoms with Gasteiger partial charge in [-0.15, -0.1) is 0 Å². The number of carbonyl (C=O) groups excluding carboxylic acids is 1. The second-order valence-electron chi connectivity index (χ2n) is 6.90. The van der Waals surface area contributed by atoms with Crippen LogP contribution >= 0.6 is 0 Å². The first kappa shape index (κ1) is 21.5. The molecule has 11 heteroatoms. The highest BCUT2D eigenvalue weighted by molar-refractivity contribution is 7.92. The minimum atomic E-state index is -3.91. The van der Waals surface area contributed by atoms with Crippen LogP contribution in [0.5, 0.6) is 5.88 Å². The summed E-state index contributed by atoms with van der Waals surface area (Å²) in [5.41, 5.74) is 0.386. The minimum absolute atomic E-state index is 0.0286. The normalized spacial score (nSPS) is 19.0. The number of carboxylic acid groups (broad SMARTS) is 1. The highest BCUT2D eigenvalue weighted by Gasteiger charge is 2.35. The smallest absolute Gasteiger partial charge is 0.307 e. The molecule has 1 aliphatic rings. The monoisotopic (exact) mass is 434 g/mol. The second-order valence-corrected chi connectivity index (χ2v) is 8.58. The van der Waals surface area contributed by atoms with Gasteiger partial charge in [-0.3, -0.25) is 14.3 Å². The first-order valence-corrected chi connectivity index (χ1v) is 10.8. The van der Waals surface area contributed by atoms with Crippen LogP contribution in [0.1, 0.15) is 25.7 Å². The molecular formula is C19H22N4O6S. The summed E-state index contributed by atoms with van der Waals surface area (Å²) in [6.45, 7) is 0. The summed E-state index contributed by atoms with van der Waals surface area (Å²) in [4.78, 5) is 31.6. The van der Waals surface area contributed by atoms with Gasteiger partial charge in [0.15, 0.2) is 0 Å². The van der Waals surface area contributed by atoms with Gasteiger partial charge in [0, 0.05) is 11.8 Å². The molecule has 0 radical (unpaired) electrons. The summed E-state index contributed by atoms with van der Waals surface area (Å²) in [6.07, 6.45) is 3.76. The first-order valence-electron chi connectivity index (χ1n) is 9.33. The Labute approximate surface area is 173 Å². The van der Waals surface area contributed by atoms with Gasteiger partial charge in [0.05, 0.1) is 23.8 Å². The van der Waals surface area contributed by atoms with Crippen LogP contribution in [0, 0.1) is 11.8 Å². The van der Waals surface area contributed by atoms with Gasteiger partial charge >= 0.3 is 5.97 Å². The van der Waals surface area contributed by atoms with Gasteiger partial charge in [-0.05, 0) is 37.1 Å². The van der Waals surface area contributed by atoms with Crippen LogP contribution in [0.2, 0.25) is 0 Å². The molecule has 30 heavy (non-hydrogen) atoms. The standard InChI is InChI=1S/C19H22N4O6S/c1-29-17-10-16(20-11-21-17)23-30(27,28)13-8-6-12(7-9-13)22-18(24)14-4-2-3-5-15(14)19(25)26/h6-11,14-15H,2-5H2,1H3,(H,22,24)(H,25,26)(H,20,21,23)/t14-,15-/m1/s1. The van der Waals surface area contributed by atoms with Crippen molar-refractivity contribution in [3.05, 3.63) is 36.7 Å². The molecule has 2 atom stereocenters. The molecule has 2 aromatic rings. The number of methoxy groups -OCH3 is 1. The Morgan fingerprint density at radius 1 is 1.10 bits per heavy atom. The van der Waals surface area contributed by atoms with Crippen molar-refractivity contribution in [3.8, 4) is 5.88 Å². The predicted octanol–water partition coefficient (Wildman–Crippen LogP) is 2.12. The van der Waals surface area contributed by atoms with Gasteiger partial charge in [-0.2, -0.15) is 0 Å². The number of hydrogen-bond donors (Lipinski definition) is 3. The SMILES string of the molecule is COc1cc(NS(=O)(=O)c2ccc(NC(=O)[C@@H]3CCCC[C@H]3C(=O)O)cc2)ncn1. The number of carbonyl (C=O) groups is 2. The summed E-state index contributed by atoms with van der Waals surface area (Å²) >= 11 is 0. The van der Waals surface area contributed by atoms with Crippen molar-refractivity contribution in [1.82, 2.24) is 9.97 Å². The number of aromatic nitrogens is 2. The van der Waals surface area contributed by atoms with Gasteiger partial charge in [0.2, 0.25) is 11.8 Å². The number of carboxylic acids is 1. The molecule has 1 amide bonds. The number of rotatable bonds is 7. The zero-order valence-corrected chi connectivity index (χ0v) is 17.1. The molecule has 0 saturated heterocycles. The second kappa shape index (κ2) is 9.08. The molecule has 1 saturated carbocycles. The molecule has 10 nitrogen and oxygen atoms in total. The van der Waals surface area contributed by atoms with E-state index in [4.69, 9.17) is 4.74 Å².